The van der Waals surface area contributed by atoms with Crippen LogP contribution in [0.15, 0.2) is 18.2 Å². The lowest BCUT2D eigenvalue weighted by atomic mass is 10.1. The van der Waals surface area contributed by atoms with Gasteiger partial charge in [0, 0.05) is 17.4 Å². The van der Waals surface area contributed by atoms with Crippen molar-refractivity contribution in [1.29, 1.82) is 0 Å². The highest BCUT2D eigenvalue weighted by atomic mass is 14.9. The smallest absolute Gasteiger partial charge is 0.0367 e. The molecule has 0 aliphatic heterocycles. The van der Waals surface area contributed by atoms with Crippen molar-refractivity contribution >= 4 is 11.4 Å². The van der Waals surface area contributed by atoms with Crippen molar-refractivity contribution in [2.24, 2.45) is 0 Å². The maximum absolute atomic E-state index is 5.87. The van der Waals surface area contributed by atoms with Gasteiger partial charge in [0.05, 0.1) is 0 Å². The normalized spacial score (nSPS) is 10.5. The molecule has 3 N–H and O–H groups in total. The minimum Gasteiger partial charge on any atom is -0.398 e. The minimum absolute atomic E-state index is 0.451. The van der Waals surface area contributed by atoms with Gasteiger partial charge in [0.2, 0.25) is 0 Å². The van der Waals surface area contributed by atoms with Gasteiger partial charge in [-0.15, -0.1) is 0 Å². The van der Waals surface area contributed by atoms with Crippen LogP contribution >= 0.6 is 0 Å². The topological polar surface area (TPSA) is 38.0 Å². The Bertz CT molecular complexity index is 279. The standard InChI is InChI=1S/C11H18N2/c1-4-9-5-6-10(7-11(9)12)13-8(2)3/h5-8,13H,4,12H2,1-3H3. The Morgan fingerprint density at radius 2 is 2.08 bits per heavy atom. The fraction of sp³-hybridized carbons (Fsp3) is 0.455. The quantitative estimate of drug-likeness (QED) is 0.698. The molecule has 1 aromatic carbocycles. The summed E-state index contributed by atoms with van der Waals surface area (Å²) < 4.78 is 0. The molecule has 0 spiro atoms. The van der Waals surface area contributed by atoms with Crippen LogP contribution in [0.2, 0.25) is 0 Å². The van der Waals surface area contributed by atoms with E-state index in [0.29, 0.717) is 6.04 Å². The third kappa shape index (κ3) is 2.65. The van der Waals surface area contributed by atoms with Crippen molar-refractivity contribution in [3.05, 3.63) is 23.8 Å². The molecule has 1 rings (SSSR count). The molecule has 0 unspecified atom stereocenters. The fourth-order valence-electron chi connectivity index (χ4n) is 1.34. The number of rotatable bonds is 3. The summed E-state index contributed by atoms with van der Waals surface area (Å²) in [5, 5.41) is 3.32. The Morgan fingerprint density at radius 1 is 1.38 bits per heavy atom. The molecule has 0 saturated heterocycles. The third-order valence-electron chi connectivity index (χ3n) is 1.98. The zero-order chi connectivity index (χ0) is 9.84. The van der Waals surface area contributed by atoms with E-state index in [2.05, 4.69) is 38.2 Å². The number of anilines is 2. The van der Waals surface area contributed by atoms with Gasteiger partial charge in [-0.3, -0.25) is 0 Å². The van der Waals surface area contributed by atoms with E-state index in [-0.39, 0.29) is 0 Å². The van der Waals surface area contributed by atoms with Crippen LogP contribution in [-0.2, 0) is 6.42 Å². The largest absolute Gasteiger partial charge is 0.398 e. The van der Waals surface area contributed by atoms with Gasteiger partial charge < -0.3 is 11.1 Å². The van der Waals surface area contributed by atoms with Crippen LogP contribution in [0.4, 0.5) is 11.4 Å². The minimum atomic E-state index is 0.451. The van der Waals surface area contributed by atoms with Gasteiger partial charge in [-0.05, 0) is 38.0 Å². The van der Waals surface area contributed by atoms with Gasteiger partial charge in [0.15, 0.2) is 0 Å². The van der Waals surface area contributed by atoms with Crippen LogP contribution in [0.5, 0.6) is 0 Å². The molecule has 0 aromatic heterocycles. The summed E-state index contributed by atoms with van der Waals surface area (Å²) in [6.07, 6.45) is 0.994. The molecule has 0 fully saturated rings. The van der Waals surface area contributed by atoms with Crippen LogP contribution in [-0.4, -0.2) is 6.04 Å². The Balaban J connectivity index is 2.83. The summed E-state index contributed by atoms with van der Waals surface area (Å²) in [6.45, 7) is 6.34. The molecule has 0 heterocycles. The zero-order valence-corrected chi connectivity index (χ0v) is 8.59. The van der Waals surface area contributed by atoms with Crippen molar-refractivity contribution < 1.29 is 0 Å². The fourth-order valence-corrected chi connectivity index (χ4v) is 1.34. The molecular weight excluding hydrogens is 160 g/mol. The van der Waals surface area contributed by atoms with E-state index in [0.717, 1.165) is 17.8 Å². The first-order valence-corrected chi connectivity index (χ1v) is 4.78. The second-order valence-electron chi connectivity index (χ2n) is 3.57. The van der Waals surface area contributed by atoms with Crippen LogP contribution in [0.3, 0.4) is 0 Å². The molecule has 0 aliphatic rings. The predicted molar refractivity (Wildman–Crippen MR) is 59.0 cm³/mol. The Labute approximate surface area is 80.1 Å². The Kier molecular flexibility index (Phi) is 3.18. The first-order valence-electron chi connectivity index (χ1n) is 4.78. The highest BCUT2D eigenvalue weighted by Crippen LogP contribution is 2.18. The van der Waals surface area contributed by atoms with Crippen LogP contribution in [0.25, 0.3) is 0 Å². The van der Waals surface area contributed by atoms with Gasteiger partial charge in [0.1, 0.15) is 0 Å². The lowest BCUT2D eigenvalue weighted by Gasteiger charge is -2.11. The second kappa shape index (κ2) is 4.17. The van der Waals surface area contributed by atoms with E-state index >= 15 is 0 Å². The number of hydrogen-bond donors (Lipinski definition) is 2. The Morgan fingerprint density at radius 3 is 2.54 bits per heavy atom. The third-order valence-corrected chi connectivity index (χ3v) is 1.98. The number of nitrogens with one attached hydrogen (secondary N) is 1. The molecule has 2 heteroatoms. The van der Waals surface area contributed by atoms with E-state index in [4.69, 9.17) is 5.73 Å². The van der Waals surface area contributed by atoms with E-state index in [9.17, 15) is 0 Å². The van der Waals surface area contributed by atoms with E-state index in [1.54, 1.807) is 0 Å². The molecule has 72 valence electrons. The molecule has 1 aromatic rings. The van der Waals surface area contributed by atoms with E-state index < -0.39 is 0 Å². The average Bonchev–Trinajstić information content (AvgIpc) is 2.03. The van der Waals surface area contributed by atoms with Crippen molar-refractivity contribution in [3.8, 4) is 0 Å². The van der Waals surface area contributed by atoms with Crippen LogP contribution < -0.4 is 11.1 Å². The number of hydrogen-bond acceptors (Lipinski definition) is 2. The van der Waals surface area contributed by atoms with Crippen molar-refractivity contribution in [2.75, 3.05) is 11.1 Å². The molecule has 0 aliphatic carbocycles. The van der Waals surface area contributed by atoms with Gasteiger partial charge in [-0.25, -0.2) is 0 Å². The molecule has 13 heavy (non-hydrogen) atoms. The number of nitrogen functional groups attached to an aromatic ring is 1. The highest BCUT2D eigenvalue weighted by Gasteiger charge is 1.99. The number of nitrogens with two attached hydrogens (primary N) is 1. The molecule has 0 atom stereocenters. The lowest BCUT2D eigenvalue weighted by Crippen LogP contribution is -2.10. The molecular formula is C11H18N2. The summed E-state index contributed by atoms with van der Waals surface area (Å²) in [5.41, 5.74) is 9.07. The summed E-state index contributed by atoms with van der Waals surface area (Å²) in [7, 11) is 0. The second-order valence-corrected chi connectivity index (χ2v) is 3.57. The highest BCUT2D eigenvalue weighted by molar-refractivity contribution is 5.59. The van der Waals surface area contributed by atoms with Crippen molar-refractivity contribution in [1.82, 2.24) is 0 Å². The Hall–Kier alpha value is -1.18. The van der Waals surface area contributed by atoms with Crippen molar-refractivity contribution in [2.45, 2.75) is 33.2 Å². The van der Waals surface area contributed by atoms with E-state index in [1.807, 2.05) is 6.07 Å². The van der Waals surface area contributed by atoms with Gasteiger partial charge in [0.25, 0.3) is 0 Å². The zero-order valence-electron chi connectivity index (χ0n) is 8.59. The SMILES string of the molecule is CCc1ccc(NC(C)C)cc1N. The number of aryl methyl sites for hydroxylation is 1. The molecule has 0 radical (unpaired) electrons. The van der Waals surface area contributed by atoms with E-state index in [1.165, 1.54) is 5.56 Å². The predicted octanol–water partition coefficient (Wildman–Crippen LogP) is 2.65. The monoisotopic (exact) mass is 178 g/mol. The number of benzene rings is 1. The maximum Gasteiger partial charge on any atom is 0.0367 e. The average molecular weight is 178 g/mol. The summed E-state index contributed by atoms with van der Waals surface area (Å²) in [6, 6.07) is 6.61. The maximum atomic E-state index is 5.87. The molecule has 2 nitrogen and oxygen atoms in total. The van der Waals surface area contributed by atoms with Crippen molar-refractivity contribution in [3.63, 3.8) is 0 Å². The lowest BCUT2D eigenvalue weighted by molar-refractivity contribution is 0.899. The summed E-state index contributed by atoms with van der Waals surface area (Å²) >= 11 is 0. The molecule has 0 bridgehead atoms. The van der Waals surface area contributed by atoms with Gasteiger partial charge >= 0.3 is 0 Å². The first-order chi connectivity index (χ1) is 6.13. The van der Waals surface area contributed by atoms with Gasteiger partial charge in [-0.1, -0.05) is 13.0 Å². The first kappa shape index (κ1) is 9.90. The van der Waals surface area contributed by atoms with Crippen LogP contribution in [0, 0.1) is 0 Å². The summed E-state index contributed by atoms with van der Waals surface area (Å²) in [5.74, 6) is 0. The van der Waals surface area contributed by atoms with Gasteiger partial charge in [-0.2, -0.15) is 0 Å². The molecule has 0 amide bonds. The van der Waals surface area contributed by atoms with Crippen LogP contribution in [0.1, 0.15) is 26.3 Å². The summed E-state index contributed by atoms with van der Waals surface area (Å²) in [4.78, 5) is 0. The molecule has 0 saturated carbocycles.